The van der Waals surface area contributed by atoms with Gasteiger partial charge < -0.3 is 0 Å². The number of hydrogen-bond donors (Lipinski definition) is 0. The molecule has 0 aliphatic heterocycles. The van der Waals surface area contributed by atoms with Crippen molar-refractivity contribution >= 4 is 12.4 Å². The normalized spacial score (nSPS) is 10.5. The van der Waals surface area contributed by atoms with Crippen molar-refractivity contribution in [1.82, 2.24) is 9.78 Å². The first-order valence-corrected chi connectivity index (χ1v) is 3.73. The van der Waals surface area contributed by atoms with Gasteiger partial charge in [-0.15, -0.1) is 5.10 Å². The fraction of sp³-hybridized carbons (Fsp3) is 0.222. The van der Waals surface area contributed by atoms with Gasteiger partial charge in [-0.1, -0.05) is 5.92 Å². The molecule has 0 N–H and O–H groups in total. The smallest absolute Gasteiger partial charge is 0.110 e. The van der Waals surface area contributed by atoms with Crippen LogP contribution in [0.15, 0.2) is 22.6 Å². The van der Waals surface area contributed by atoms with Crippen LogP contribution in [0.5, 0.6) is 0 Å². The molecule has 0 saturated carbocycles. The van der Waals surface area contributed by atoms with E-state index in [4.69, 9.17) is 0 Å². The second-order valence-corrected chi connectivity index (χ2v) is 2.48. The van der Waals surface area contributed by atoms with Gasteiger partial charge in [-0.2, -0.15) is 10.2 Å². The van der Waals surface area contributed by atoms with Gasteiger partial charge in [0.25, 0.3) is 0 Å². The van der Waals surface area contributed by atoms with E-state index in [9.17, 15) is 0 Å². The maximum absolute atomic E-state index is 3.98. The Morgan fingerprint density at radius 3 is 3.00 bits per heavy atom. The number of rotatable bonds is 1. The Bertz CT molecular complexity index is 389. The highest BCUT2D eigenvalue weighted by Crippen LogP contribution is 1.91. The highest BCUT2D eigenvalue weighted by molar-refractivity contribution is 5.98. The molecule has 1 aromatic heterocycles. The van der Waals surface area contributed by atoms with Crippen LogP contribution < -0.4 is 0 Å². The third kappa shape index (κ3) is 2.91. The van der Waals surface area contributed by atoms with Gasteiger partial charge in [-0.05, 0) is 12.8 Å². The molecule has 4 heteroatoms. The second-order valence-electron chi connectivity index (χ2n) is 2.48. The van der Waals surface area contributed by atoms with Gasteiger partial charge in [-0.25, -0.2) is 0 Å². The Kier molecular flexibility index (Phi) is 2.98. The van der Waals surface area contributed by atoms with Crippen LogP contribution in [0, 0.1) is 11.8 Å². The van der Waals surface area contributed by atoms with E-state index in [2.05, 4.69) is 33.9 Å². The van der Waals surface area contributed by atoms with Crippen molar-refractivity contribution in [3.8, 4) is 11.8 Å². The number of aromatic nitrogens is 2. The molecule has 1 aromatic rings. The number of hydrogen-bond acceptors (Lipinski definition) is 3. The van der Waals surface area contributed by atoms with Gasteiger partial charge in [0.15, 0.2) is 0 Å². The van der Waals surface area contributed by atoms with Crippen LogP contribution in [-0.2, 0) is 7.05 Å². The van der Waals surface area contributed by atoms with Crippen LogP contribution in [-0.4, -0.2) is 22.2 Å². The molecule has 0 spiro atoms. The summed E-state index contributed by atoms with van der Waals surface area (Å²) >= 11 is 0. The molecule has 4 nitrogen and oxygen atoms in total. The third-order valence-corrected chi connectivity index (χ3v) is 1.31. The maximum Gasteiger partial charge on any atom is 0.110 e. The van der Waals surface area contributed by atoms with E-state index in [0.717, 1.165) is 5.56 Å². The van der Waals surface area contributed by atoms with Crippen molar-refractivity contribution in [2.75, 3.05) is 0 Å². The quantitative estimate of drug-likeness (QED) is 0.353. The lowest BCUT2D eigenvalue weighted by Crippen LogP contribution is -1.84. The second kappa shape index (κ2) is 4.21. The van der Waals surface area contributed by atoms with Crippen LogP contribution >= 0.6 is 0 Å². The van der Waals surface area contributed by atoms with Crippen LogP contribution in [0.2, 0.25) is 0 Å². The van der Waals surface area contributed by atoms with Gasteiger partial charge in [0.05, 0.1) is 11.8 Å². The van der Waals surface area contributed by atoms with Crippen LogP contribution in [0.1, 0.15) is 12.5 Å². The molecule has 0 aliphatic carbocycles. The fourth-order valence-corrected chi connectivity index (χ4v) is 0.779. The zero-order chi connectivity index (χ0) is 9.68. The van der Waals surface area contributed by atoms with Crippen molar-refractivity contribution in [2.45, 2.75) is 6.92 Å². The molecular weight excluding hydrogens is 164 g/mol. The molecule has 0 radical (unpaired) electrons. The Hall–Kier alpha value is -1.89. The molecule has 1 heterocycles. The zero-order valence-electron chi connectivity index (χ0n) is 7.65. The summed E-state index contributed by atoms with van der Waals surface area (Å²) in [6, 6.07) is 0. The van der Waals surface area contributed by atoms with Crippen LogP contribution in [0.25, 0.3) is 0 Å². The third-order valence-electron chi connectivity index (χ3n) is 1.31. The monoisotopic (exact) mass is 174 g/mol. The molecule has 66 valence electrons. The molecule has 0 amide bonds. The van der Waals surface area contributed by atoms with Gasteiger partial charge >= 0.3 is 0 Å². The largest absolute Gasteiger partial charge is 0.275 e. The summed E-state index contributed by atoms with van der Waals surface area (Å²) < 4.78 is 1.70. The molecular formula is C9H10N4. The topological polar surface area (TPSA) is 42.5 Å². The van der Waals surface area contributed by atoms with E-state index in [0.29, 0.717) is 5.71 Å². The molecule has 0 aliphatic rings. The van der Waals surface area contributed by atoms with Gasteiger partial charge in [-0.3, -0.25) is 4.68 Å². The van der Waals surface area contributed by atoms with E-state index >= 15 is 0 Å². The summed E-state index contributed by atoms with van der Waals surface area (Å²) in [7, 11) is 1.84. The Morgan fingerprint density at radius 1 is 1.69 bits per heavy atom. The minimum Gasteiger partial charge on any atom is -0.275 e. The van der Waals surface area contributed by atoms with E-state index in [1.807, 2.05) is 13.2 Å². The van der Waals surface area contributed by atoms with E-state index in [1.54, 1.807) is 17.8 Å². The summed E-state index contributed by atoms with van der Waals surface area (Å²) in [5.41, 5.74) is 1.50. The fourth-order valence-electron chi connectivity index (χ4n) is 0.779. The zero-order valence-corrected chi connectivity index (χ0v) is 7.65. The highest BCUT2D eigenvalue weighted by atomic mass is 15.2. The predicted molar refractivity (Wildman–Crippen MR) is 52.7 cm³/mol. The SMILES string of the molecule is C=N/N=C(\C)C#Cc1cnn(C)c1. The summed E-state index contributed by atoms with van der Waals surface area (Å²) in [6.07, 6.45) is 3.53. The molecule has 0 saturated heterocycles. The highest BCUT2D eigenvalue weighted by Gasteiger charge is 1.88. The summed E-state index contributed by atoms with van der Waals surface area (Å²) in [5, 5.41) is 11.0. The molecule has 1 rings (SSSR count). The minimum atomic E-state index is 0.638. The van der Waals surface area contributed by atoms with Crippen molar-refractivity contribution in [3.63, 3.8) is 0 Å². The average molecular weight is 174 g/mol. The lowest BCUT2D eigenvalue weighted by molar-refractivity contribution is 0.767. The van der Waals surface area contributed by atoms with E-state index in [-0.39, 0.29) is 0 Å². The van der Waals surface area contributed by atoms with Crippen molar-refractivity contribution < 1.29 is 0 Å². The van der Waals surface area contributed by atoms with Gasteiger partial charge in [0, 0.05) is 20.0 Å². The maximum atomic E-state index is 3.98. The van der Waals surface area contributed by atoms with Crippen LogP contribution in [0.4, 0.5) is 0 Å². The van der Waals surface area contributed by atoms with E-state index in [1.165, 1.54) is 0 Å². The Morgan fingerprint density at radius 2 is 2.46 bits per heavy atom. The molecule has 0 unspecified atom stereocenters. The lowest BCUT2D eigenvalue weighted by atomic mass is 10.3. The lowest BCUT2D eigenvalue weighted by Gasteiger charge is -1.81. The van der Waals surface area contributed by atoms with Gasteiger partial charge in [0.2, 0.25) is 0 Å². The molecule has 0 aromatic carbocycles. The van der Waals surface area contributed by atoms with Crippen molar-refractivity contribution in [1.29, 1.82) is 0 Å². The predicted octanol–water partition coefficient (Wildman–Crippen LogP) is 0.848. The number of aryl methyl sites for hydroxylation is 1. The molecule has 0 fully saturated rings. The minimum absolute atomic E-state index is 0.638. The standard InChI is InChI=1S/C9H10N4/c1-8(12-10-2)4-5-9-6-11-13(3)7-9/h6-7H,2H2,1,3H3/b12-8+. The first kappa shape index (κ1) is 9.20. The number of nitrogens with zero attached hydrogens (tertiary/aromatic N) is 4. The van der Waals surface area contributed by atoms with Crippen molar-refractivity contribution in [2.24, 2.45) is 17.3 Å². The summed E-state index contributed by atoms with van der Waals surface area (Å²) in [5.74, 6) is 5.72. The van der Waals surface area contributed by atoms with E-state index < -0.39 is 0 Å². The molecule has 0 atom stereocenters. The van der Waals surface area contributed by atoms with Gasteiger partial charge in [0.1, 0.15) is 5.71 Å². The Balaban J connectivity index is 2.78. The Labute approximate surface area is 77.0 Å². The molecule has 0 bridgehead atoms. The first-order chi connectivity index (χ1) is 6.22. The molecule has 13 heavy (non-hydrogen) atoms. The summed E-state index contributed by atoms with van der Waals surface area (Å²) in [6.45, 7) is 5.01. The average Bonchev–Trinajstić information content (AvgIpc) is 2.49. The van der Waals surface area contributed by atoms with Crippen molar-refractivity contribution in [3.05, 3.63) is 18.0 Å². The van der Waals surface area contributed by atoms with Crippen LogP contribution in [0.3, 0.4) is 0 Å². The summed E-state index contributed by atoms with van der Waals surface area (Å²) in [4.78, 5) is 0. The first-order valence-electron chi connectivity index (χ1n) is 3.73.